The summed E-state index contributed by atoms with van der Waals surface area (Å²) in [5.74, 6) is 0. The van der Waals surface area contributed by atoms with Gasteiger partial charge in [0.15, 0.2) is 0 Å². The van der Waals surface area contributed by atoms with Crippen LogP contribution in [0.1, 0.15) is 18.9 Å². The minimum Gasteiger partial charge on any atom is -0.360 e. The van der Waals surface area contributed by atoms with Crippen LogP contribution < -0.4 is 0 Å². The van der Waals surface area contributed by atoms with E-state index in [0.29, 0.717) is 19.8 Å². The first-order valence-corrected chi connectivity index (χ1v) is 16.0. The van der Waals surface area contributed by atoms with Crippen LogP contribution >= 0.6 is 15.9 Å². The molecule has 4 rings (SSSR count). The standard InChI is InChI=1S/C23H31BrF3N5OSi/c1-34(2,3)9-8-33-16-31-13-17(11-29-31)20-15-32(21-12-28-22(24)10-19(20)21)18-4-6-30(14-18)7-5-23(25,26)27/h10-13,15,18H,4-9,14,16H2,1-3H3/t18-/m0/s1. The molecule has 4 heterocycles. The molecule has 186 valence electrons. The van der Waals surface area contributed by atoms with Gasteiger partial charge in [-0.25, -0.2) is 9.67 Å². The van der Waals surface area contributed by atoms with Gasteiger partial charge >= 0.3 is 6.18 Å². The Kier molecular flexibility index (Phi) is 7.56. The molecule has 34 heavy (non-hydrogen) atoms. The van der Waals surface area contributed by atoms with Crippen LogP contribution in [0.4, 0.5) is 13.2 Å². The average Bonchev–Trinajstić information content (AvgIpc) is 3.46. The van der Waals surface area contributed by atoms with E-state index in [9.17, 15) is 13.2 Å². The SMILES string of the molecule is C[Si](C)(C)CCOCn1cc(-c2cn([C@H]3CCN(CCC(F)(F)F)C3)c3cnc(Br)cc23)cn1. The molecule has 1 aliphatic heterocycles. The van der Waals surface area contributed by atoms with Gasteiger partial charge in [0.1, 0.15) is 11.3 Å². The van der Waals surface area contributed by atoms with Crippen molar-refractivity contribution in [1.29, 1.82) is 0 Å². The fourth-order valence-electron chi connectivity index (χ4n) is 4.29. The molecule has 1 aliphatic rings. The Morgan fingerprint density at radius 2 is 2.00 bits per heavy atom. The molecule has 1 fully saturated rings. The van der Waals surface area contributed by atoms with E-state index >= 15 is 0 Å². The lowest BCUT2D eigenvalue weighted by Crippen LogP contribution is -2.26. The second kappa shape index (κ2) is 10.1. The average molecular weight is 559 g/mol. The van der Waals surface area contributed by atoms with Crippen molar-refractivity contribution in [3.63, 3.8) is 0 Å². The van der Waals surface area contributed by atoms with E-state index in [1.54, 1.807) is 4.68 Å². The number of hydrogen-bond acceptors (Lipinski definition) is 4. The molecule has 0 aliphatic carbocycles. The number of likely N-dealkylation sites (tertiary alicyclic amines) is 1. The molecular formula is C23H31BrF3N5OSi. The van der Waals surface area contributed by atoms with Crippen molar-refractivity contribution >= 4 is 34.9 Å². The summed E-state index contributed by atoms with van der Waals surface area (Å²) in [5, 5.41) is 5.51. The summed E-state index contributed by atoms with van der Waals surface area (Å²) in [5.41, 5.74) is 2.97. The van der Waals surface area contributed by atoms with Gasteiger partial charge in [-0.15, -0.1) is 0 Å². The van der Waals surface area contributed by atoms with Crippen LogP contribution in [0.3, 0.4) is 0 Å². The van der Waals surface area contributed by atoms with Gasteiger partial charge in [-0.3, -0.25) is 0 Å². The number of fused-ring (bicyclic) bond motifs is 1. The molecule has 0 unspecified atom stereocenters. The molecule has 0 radical (unpaired) electrons. The molecule has 3 aromatic heterocycles. The normalized spacial score (nSPS) is 17.8. The largest absolute Gasteiger partial charge is 0.390 e. The topological polar surface area (TPSA) is 48.1 Å². The monoisotopic (exact) mass is 557 g/mol. The molecular weight excluding hydrogens is 527 g/mol. The van der Waals surface area contributed by atoms with Crippen molar-refractivity contribution in [3.05, 3.63) is 35.5 Å². The lowest BCUT2D eigenvalue weighted by Gasteiger charge is -2.18. The van der Waals surface area contributed by atoms with E-state index in [2.05, 4.69) is 56.4 Å². The summed E-state index contributed by atoms with van der Waals surface area (Å²) in [6.45, 7) is 9.41. The number of hydrogen-bond donors (Lipinski definition) is 0. The van der Waals surface area contributed by atoms with Crippen molar-refractivity contribution < 1.29 is 17.9 Å². The van der Waals surface area contributed by atoms with Gasteiger partial charge in [-0.05, 0) is 34.5 Å². The summed E-state index contributed by atoms with van der Waals surface area (Å²) in [6.07, 6.45) is 3.63. The summed E-state index contributed by atoms with van der Waals surface area (Å²) in [7, 11) is -1.14. The third kappa shape index (κ3) is 6.49. The minimum atomic E-state index is -4.12. The first kappa shape index (κ1) is 25.4. The van der Waals surface area contributed by atoms with E-state index in [1.165, 1.54) is 0 Å². The highest BCUT2D eigenvalue weighted by molar-refractivity contribution is 9.10. The number of rotatable bonds is 9. The Morgan fingerprint density at radius 3 is 2.74 bits per heavy atom. The third-order valence-electron chi connectivity index (χ3n) is 6.20. The molecule has 0 bridgehead atoms. The van der Waals surface area contributed by atoms with E-state index in [4.69, 9.17) is 4.74 Å². The predicted octanol–water partition coefficient (Wildman–Crippen LogP) is 6.17. The Morgan fingerprint density at radius 1 is 1.21 bits per heavy atom. The van der Waals surface area contributed by atoms with Crippen LogP contribution in [0.5, 0.6) is 0 Å². The molecule has 0 saturated carbocycles. The zero-order valence-electron chi connectivity index (χ0n) is 19.8. The molecule has 3 aromatic rings. The van der Waals surface area contributed by atoms with Crippen LogP contribution in [0.2, 0.25) is 25.7 Å². The van der Waals surface area contributed by atoms with Gasteiger partial charge < -0.3 is 14.2 Å². The number of pyridine rings is 1. The molecule has 1 saturated heterocycles. The van der Waals surface area contributed by atoms with Gasteiger partial charge in [0.05, 0.1) is 24.3 Å². The van der Waals surface area contributed by atoms with Gasteiger partial charge in [-0.1, -0.05) is 19.6 Å². The summed E-state index contributed by atoms with van der Waals surface area (Å²) in [4.78, 5) is 6.30. The number of halogens is 4. The lowest BCUT2D eigenvalue weighted by molar-refractivity contribution is -0.137. The minimum absolute atomic E-state index is 0.0420. The van der Waals surface area contributed by atoms with Gasteiger partial charge in [0.25, 0.3) is 0 Å². The second-order valence-electron chi connectivity index (χ2n) is 10.2. The molecule has 1 atom stereocenters. The fourth-order valence-corrected chi connectivity index (χ4v) is 5.38. The first-order valence-electron chi connectivity index (χ1n) is 11.5. The van der Waals surface area contributed by atoms with Crippen molar-refractivity contribution in [1.82, 2.24) is 24.2 Å². The lowest BCUT2D eigenvalue weighted by atomic mass is 10.1. The molecule has 0 aromatic carbocycles. The highest BCUT2D eigenvalue weighted by Gasteiger charge is 2.31. The van der Waals surface area contributed by atoms with Gasteiger partial charge in [-0.2, -0.15) is 18.3 Å². The highest BCUT2D eigenvalue weighted by Crippen LogP contribution is 2.36. The first-order chi connectivity index (χ1) is 16.0. The zero-order valence-corrected chi connectivity index (χ0v) is 22.4. The van der Waals surface area contributed by atoms with Crippen LogP contribution in [0.25, 0.3) is 22.0 Å². The molecule has 0 N–H and O–H groups in total. The highest BCUT2D eigenvalue weighted by atomic mass is 79.9. The Hall–Kier alpha value is -1.69. The predicted molar refractivity (Wildman–Crippen MR) is 134 cm³/mol. The third-order valence-corrected chi connectivity index (χ3v) is 8.34. The summed E-state index contributed by atoms with van der Waals surface area (Å²) < 4.78 is 48.5. The smallest absolute Gasteiger partial charge is 0.360 e. The maximum absolute atomic E-state index is 12.7. The maximum Gasteiger partial charge on any atom is 0.390 e. The molecule has 11 heteroatoms. The number of alkyl halides is 3. The van der Waals surface area contributed by atoms with E-state index in [0.717, 1.165) is 45.7 Å². The van der Waals surface area contributed by atoms with Crippen LogP contribution in [0, 0.1) is 0 Å². The molecule has 0 spiro atoms. The van der Waals surface area contributed by atoms with Gasteiger partial charge in [0.2, 0.25) is 0 Å². The van der Waals surface area contributed by atoms with Gasteiger partial charge in [0, 0.05) is 69.3 Å². The Labute approximate surface area is 207 Å². The van der Waals surface area contributed by atoms with Crippen molar-refractivity contribution in [2.24, 2.45) is 0 Å². The van der Waals surface area contributed by atoms with Crippen molar-refractivity contribution in [3.8, 4) is 11.1 Å². The number of ether oxygens (including phenoxy) is 1. The number of nitrogens with zero attached hydrogens (tertiary/aromatic N) is 5. The van der Waals surface area contributed by atoms with E-state index < -0.39 is 20.7 Å². The zero-order chi connectivity index (χ0) is 24.5. The summed E-state index contributed by atoms with van der Waals surface area (Å²) >= 11 is 3.47. The summed E-state index contributed by atoms with van der Waals surface area (Å²) in [6, 6.07) is 3.20. The molecule has 6 nitrogen and oxygen atoms in total. The Balaban J connectivity index is 1.51. The van der Waals surface area contributed by atoms with Crippen molar-refractivity contribution in [2.45, 2.75) is 57.5 Å². The Bertz CT molecular complexity index is 1120. The fraction of sp³-hybridized carbons (Fsp3) is 0.565. The maximum atomic E-state index is 12.7. The van der Waals surface area contributed by atoms with E-state index in [1.807, 2.05) is 29.6 Å². The van der Waals surface area contributed by atoms with Crippen LogP contribution in [-0.2, 0) is 11.5 Å². The number of aromatic nitrogens is 4. The van der Waals surface area contributed by atoms with E-state index in [-0.39, 0.29) is 12.6 Å². The van der Waals surface area contributed by atoms with Crippen LogP contribution in [-0.4, -0.2) is 64.7 Å². The second-order valence-corrected chi connectivity index (χ2v) is 16.6. The quantitative estimate of drug-likeness (QED) is 0.179. The molecule has 0 amide bonds. The van der Waals surface area contributed by atoms with Crippen molar-refractivity contribution in [2.75, 3.05) is 26.2 Å². The van der Waals surface area contributed by atoms with Crippen LogP contribution in [0.15, 0.2) is 35.5 Å².